The molecule has 1 fully saturated rings. The molecule has 6 heteroatoms. The number of rotatable bonds is 5. The van der Waals surface area contributed by atoms with E-state index < -0.39 is 0 Å². The van der Waals surface area contributed by atoms with E-state index in [1.54, 1.807) is 11.8 Å². The van der Waals surface area contributed by atoms with Gasteiger partial charge in [-0.15, -0.1) is 24.2 Å². The molecular weight excluding hydrogens is 318 g/mol. The number of nitrogens with two attached hydrogens (primary N) is 1. The van der Waals surface area contributed by atoms with Gasteiger partial charge in [0, 0.05) is 17.1 Å². The van der Waals surface area contributed by atoms with Crippen LogP contribution in [0.2, 0.25) is 0 Å². The highest BCUT2D eigenvalue weighted by Crippen LogP contribution is 2.30. The fraction of sp³-hybridized carbons (Fsp3) is 0.562. The van der Waals surface area contributed by atoms with E-state index >= 15 is 0 Å². The molecule has 124 valence electrons. The van der Waals surface area contributed by atoms with Gasteiger partial charge in [0.15, 0.2) is 0 Å². The first-order chi connectivity index (χ1) is 9.97. The van der Waals surface area contributed by atoms with E-state index in [2.05, 4.69) is 17.1 Å². The number of anilines is 1. The Labute approximate surface area is 143 Å². The lowest BCUT2D eigenvalue weighted by atomic mass is 9.90. The maximum atomic E-state index is 12.4. The molecule has 1 aliphatic heterocycles. The molecule has 1 saturated heterocycles. The van der Waals surface area contributed by atoms with Gasteiger partial charge in [0.25, 0.3) is 0 Å². The van der Waals surface area contributed by atoms with Crippen LogP contribution in [0.25, 0.3) is 0 Å². The van der Waals surface area contributed by atoms with Crippen LogP contribution in [0.4, 0.5) is 5.69 Å². The van der Waals surface area contributed by atoms with Crippen molar-refractivity contribution in [2.24, 2.45) is 11.1 Å². The zero-order valence-electron chi connectivity index (χ0n) is 13.5. The number of thioether (sulfide) groups is 1. The molecule has 22 heavy (non-hydrogen) atoms. The summed E-state index contributed by atoms with van der Waals surface area (Å²) in [4.78, 5) is 15.8. The highest BCUT2D eigenvalue weighted by Gasteiger charge is 2.36. The summed E-state index contributed by atoms with van der Waals surface area (Å²) in [6, 6.07) is 7.81. The summed E-state index contributed by atoms with van der Waals surface area (Å²) in [6.07, 6.45) is 3.09. The second kappa shape index (κ2) is 8.20. The van der Waals surface area contributed by atoms with Crippen LogP contribution < -0.4 is 11.1 Å². The van der Waals surface area contributed by atoms with Gasteiger partial charge in [0.1, 0.15) is 0 Å². The van der Waals surface area contributed by atoms with Gasteiger partial charge in [-0.05, 0) is 56.3 Å². The zero-order chi connectivity index (χ0) is 15.5. The fourth-order valence-electron chi connectivity index (χ4n) is 2.67. The van der Waals surface area contributed by atoms with Crippen molar-refractivity contribution in [2.75, 3.05) is 31.2 Å². The van der Waals surface area contributed by atoms with Gasteiger partial charge >= 0.3 is 0 Å². The average Bonchev–Trinajstić information content (AvgIpc) is 2.90. The largest absolute Gasteiger partial charge is 0.330 e. The molecule has 2 unspecified atom stereocenters. The van der Waals surface area contributed by atoms with Crippen molar-refractivity contribution in [3.05, 3.63) is 24.3 Å². The van der Waals surface area contributed by atoms with Crippen LogP contribution in [0.1, 0.15) is 20.3 Å². The molecular formula is C16H26ClN3OS. The topological polar surface area (TPSA) is 58.4 Å². The molecule has 0 aromatic heterocycles. The highest BCUT2D eigenvalue weighted by atomic mass is 35.5. The molecule has 1 aliphatic rings. The molecule has 0 bridgehead atoms. The molecule has 0 radical (unpaired) electrons. The van der Waals surface area contributed by atoms with E-state index in [0.717, 1.165) is 30.1 Å². The second-order valence-electron chi connectivity index (χ2n) is 6.13. The van der Waals surface area contributed by atoms with E-state index in [-0.39, 0.29) is 29.8 Å². The number of hydrogen-bond donors (Lipinski definition) is 2. The number of halogens is 1. The van der Waals surface area contributed by atoms with E-state index in [0.29, 0.717) is 6.54 Å². The Morgan fingerprint density at radius 1 is 1.55 bits per heavy atom. The number of nitrogens with one attached hydrogen (secondary N) is 1. The maximum absolute atomic E-state index is 12.4. The van der Waals surface area contributed by atoms with Crippen molar-refractivity contribution in [2.45, 2.75) is 31.2 Å². The summed E-state index contributed by atoms with van der Waals surface area (Å²) in [5.74, 6) is 0.0505. The standard InChI is InChI=1S/C16H25N3OS.ClH/c1-12(19-8-7-16(2,10-17)11-19)15(20)18-13-5-4-6-14(9-13)21-3;/h4-6,9,12H,7-8,10-11,17H2,1-3H3,(H,18,20);1H. The first-order valence-corrected chi connectivity index (χ1v) is 8.59. The molecule has 1 aromatic carbocycles. The average molecular weight is 344 g/mol. The molecule has 3 N–H and O–H groups in total. The molecule has 4 nitrogen and oxygen atoms in total. The normalized spacial score (nSPS) is 22.9. The van der Waals surface area contributed by atoms with Gasteiger partial charge in [-0.25, -0.2) is 0 Å². The Kier molecular flexibility index (Phi) is 7.19. The molecule has 2 rings (SSSR count). The van der Waals surface area contributed by atoms with Crippen molar-refractivity contribution < 1.29 is 4.79 Å². The third-order valence-electron chi connectivity index (χ3n) is 4.34. The molecule has 1 heterocycles. The van der Waals surface area contributed by atoms with E-state index in [1.165, 1.54) is 0 Å². The lowest BCUT2D eigenvalue weighted by Gasteiger charge is -2.26. The van der Waals surface area contributed by atoms with Crippen LogP contribution >= 0.6 is 24.2 Å². The first-order valence-electron chi connectivity index (χ1n) is 7.36. The van der Waals surface area contributed by atoms with Crippen LogP contribution in [-0.2, 0) is 4.79 Å². The van der Waals surface area contributed by atoms with Gasteiger partial charge in [0.2, 0.25) is 5.91 Å². The summed E-state index contributed by atoms with van der Waals surface area (Å²) in [7, 11) is 0. The Hall–Kier alpha value is -0.750. The summed E-state index contributed by atoms with van der Waals surface area (Å²) < 4.78 is 0. The van der Waals surface area contributed by atoms with E-state index in [1.807, 2.05) is 37.4 Å². The lowest BCUT2D eigenvalue weighted by Crippen LogP contribution is -2.42. The maximum Gasteiger partial charge on any atom is 0.241 e. The van der Waals surface area contributed by atoms with Gasteiger partial charge in [-0.3, -0.25) is 9.69 Å². The van der Waals surface area contributed by atoms with Crippen molar-refractivity contribution >= 4 is 35.8 Å². The molecule has 0 aliphatic carbocycles. The van der Waals surface area contributed by atoms with Crippen molar-refractivity contribution in [3.8, 4) is 0 Å². The Morgan fingerprint density at radius 3 is 2.86 bits per heavy atom. The van der Waals surface area contributed by atoms with E-state index in [9.17, 15) is 4.79 Å². The summed E-state index contributed by atoms with van der Waals surface area (Å²) in [6.45, 7) is 6.67. The number of nitrogens with zero attached hydrogens (tertiary/aromatic N) is 1. The number of likely N-dealkylation sites (tertiary alicyclic amines) is 1. The Balaban J connectivity index is 0.00000242. The summed E-state index contributed by atoms with van der Waals surface area (Å²) >= 11 is 1.67. The van der Waals surface area contributed by atoms with Gasteiger partial charge in [0.05, 0.1) is 6.04 Å². The van der Waals surface area contributed by atoms with Crippen LogP contribution in [0.5, 0.6) is 0 Å². The van der Waals surface area contributed by atoms with Crippen LogP contribution in [0.15, 0.2) is 29.2 Å². The van der Waals surface area contributed by atoms with Gasteiger partial charge < -0.3 is 11.1 Å². The number of carbonyl (C=O) groups is 1. The number of benzene rings is 1. The summed E-state index contributed by atoms with van der Waals surface area (Å²) in [5.41, 5.74) is 6.84. The van der Waals surface area contributed by atoms with Gasteiger partial charge in [-0.2, -0.15) is 0 Å². The SMILES string of the molecule is CSc1cccc(NC(=O)C(C)N2CCC(C)(CN)C2)c1.Cl. The van der Waals surface area contributed by atoms with Crippen molar-refractivity contribution in [3.63, 3.8) is 0 Å². The van der Waals surface area contributed by atoms with Crippen molar-refractivity contribution in [1.82, 2.24) is 4.90 Å². The first kappa shape index (κ1) is 19.3. The third kappa shape index (κ3) is 4.62. The fourth-order valence-corrected chi connectivity index (χ4v) is 3.13. The second-order valence-corrected chi connectivity index (χ2v) is 7.01. The predicted molar refractivity (Wildman–Crippen MR) is 96.9 cm³/mol. The highest BCUT2D eigenvalue weighted by molar-refractivity contribution is 7.98. The number of amides is 1. The minimum absolute atomic E-state index is 0. The van der Waals surface area contributed by atoms with Gasteiger partial charge in [-0.1, -0.05) is 13.0 Å². The Morgan fingerprint density at radius 2 is 2.27 bits per heavy atom. The molecule has 0 saturated carbocycles. The van der Waals surface area contributed by atoms with E-state index in [4.69, 9.17) is 5.73 Å². The number of carbonyl (C=O) groups excluding carboxylic acids is 1. The third-order valence-corrected chi connectivity index (χ3v) is 5.07. The number of hydrogen-bond acceptors (Lipinski definition) is 4. The molecule has 0 spiro atoms. The molecule has 1 aromatic rings. The Bertz CT molecular complexity index is 514. The zero-order valence-corrected chi connectivity index (χ0v) is 15.1. The van der Waals surface area contributed by atoms with Crippen molar-refractivity contribution in [1.29, 1.82) is 0 Å². The minimum atomic E-state index is -0.128. The van der Waals surface area contributed by atoms with Crippen LogP contribution in [-0.4, -0.2) is 42.7 Å². The molecule has 1 amide bonds. The molecule has 2 atom stereocenters. The predicted octanol–water partition coefficient (Wildman–Crippen LogP) is 2.83. The quantitative estimate of drug-likeness (QED) is 0.807. The summed E-state index contributed by atoms with van der Waals surface area (Å²) in [5, 5.41) is 3.01. The lowest BCUT2D eigenvalue weighted by molar-refractivity contribution is -0.120. The van der Waals surface area contributed by atoms with Crippen LogP contribution in [0, 0.1) is 5.41 Å². The monoisotopic (exact) mass is 343 g/mol. The van der Waals surface area contributed by atoms with Crippen LogP contribution in [0.3, 0.4) is 0 Å². The minimum Gasteiger partial charge on any atom is -0.330 e. The smallest absolute Gasteiger partial charge is 0.241 e.